The predicted molar refractivity (Wildman–Crippen MR) is 81.0 cm³/mol. The SMILES string of the molecule is COc1ccccc1C(O)c1cc2[nH]c(=O)[nH]c2cc1Cl. The third-order valence-corrected chi connectivity index (χ3v) is 3.69. The first kappa shape index (κ1) is 13.7. The summed E-state index contributed by atoms with van der Waals surface area (Å²) in [7, 11) is 1.54. The Morgan fingerprint density at radius 1 is 1.14 bits per heavy atom. The molecule has 3 rings (SSSR count). The molecule has 0 amide bonds. The van der Waals surface area contributed by atoms with Gasteiger partial charge in [0.1, 0.15) is 11.9 Å². The molecule has 1 atom stereocenters. The average Bonchev–Trinajstić information content (AvgIpc) is 2.84. The fourth-order valence-electron chi connectivity index (χ4n) is 2.34. The minimum absolute atomic E-state index is 0.315. The molecule has 0 aliphatic heterocycles. The Bertz CT molecular complexity index is 853. The van der Waals surface area contributed by atoms with Gasteiger partial charge in [-0.1, -0.05) is 29.8 Å². The molecule has 21 heavy (non-hydrogen) atoms. The van der Waals surface area contributed by atoms with E-state index in [1.807, 2.05) is 12.1 Å². The van der Waals surface area contributed by atoms with Crippen LogP contribution in [0.5, 0.6) is 5.75 Å². The van der Waals surface area contributed by atoms with E-state index in [2.05, 4.69) is 9.97 Å². The van der Waals surface area contributed by atoms with Crippen molar-refractivity contribution in [1.29, 1.82) is 0 Å². The normalized spacial score (nSPS) is 12.5. The Morgan fingerprint density at radius 2 is 1.81 bits per heavy atom. The van der Waals surface area contributed by atoms with Crippen molar-refractivity contribution in [3.8, 4) is 5.75 Å². The van der Waals surface area contributed by atoms with Gasteiger partial charge in [0.15, 0.2) is 0 Å². The molecule has 1 heterocycles. The summed E-state index contributed by atoms with van der Waals surface area (Å²) in [6, 6.07) is 10.4. The molecule has 2 aromatic carbocycles. The first-order valence-corrected chi connectivity index (χ1v) is 6.70. The van der Waals surface area contributed by atoms with Gasteiger partial charge in [0.2, 0.25) is 0 Å². The van der Waals surface area contributed by atoms with Crippen LogP contribution < -0.4 is 10.4 Å². The lowest BCUT2D eigenvalue weighted by Gasteiger charge is -2.16. The molecule has 0 aliphatic rings. The van der Waals surface area contributed by atoms with Crippen LogP contribution >= 0.6 is 11.6 Å². The molecule has 1 unspecified atom stereocenters. The highest BCUT2D eigenvalue weighted by Crippen LogP contribution is 2.34. The number of fused-ring (bicyclic) bond motifs is 1. The highest BCUT2D eigenvalue weighted by molar-refractivity contribution is 6.32. The van der Waals surface area contributed by atoms with Crippen LogP contribution in [0.25, 0.3) is 11.0 Å². The topological polar surface area (TPSA) is 78.1 Å². The fourth-order valence-corrected chi connectivity index (χ4v) is 2.61. The summed E-state index contributed by atoms with van der Waals surface area (Å²) in [5, 5.41) is 11.0. The molecule has 5 nitrogen and oxygen atoms in total. The van der Waals surface area contributed by atoms with Gasteiger partial charge in [-0.2, -0.15) is 0 Å². The van der Waals surface area contributed by atoms with E-state index in [4.69, 9.17) is 16.3 Å². The van der Waals surface area contributed by atoms with E-state index in [1.54, 1.807) is 31.4 Å². The summed E-state index contributed by atoms with van der Waals surface area (Å²) < 4.78 is 5.25. The third-order valence-electron chi connectivity index (χ3n) is 3.36. The van der Waals surface area contributed by atoms with E-state index in [0.29, 0.717) is 32.9 Å². The van der Waals surface area contributed by atoms with E-state index in [1.165, 1.54) is 0 Å². The van der Waals surface area contributed by atoms with Crippen LogP contribution in [0.4, 0.5) is 0 Å². The number of ether oxygens (including phenoxy) is 1. The molecule has 0 aliphatic carbocycles. The molecule has 108 valence electrons. The van der Waals surface area contributed by atoms with Crippen molar-refractivity contribution in [2.24, 2.45) is 0 Å². The number of aromatic nitrogens is 2. The number of halogens is 1. The first-order chi connectivity index (χ1) is 10.1. The second-order valence-electron chi connectivity index (χ2n) is 4.64. The molecule has 0 saturated heterocycles. The number of nitrogens with one attached hydrogen (secondary N) is 2. The summed E-state index contributed by atoms with van der Waals surface area (Å²) >= 11 is 6.22. The number of para-hydroxylation sites is 1. The lowest BCUT2D eigenvalue weighted by molar-refractivity contribution is 0.215. The smallest absolute Gasteiger partial charge is 0.323 e. The van der Waals surface area contributed by atoms with Crippen LogP contribution in [-0.2, 0) is 0 Å². The van der Waals surface area contributed by atoms with Crippen LogP contribution in [0.1, 0.15) is 17.2 Å². The number of imidazole rings is 1. The molecular weight excluding hydrogens is 292 g/mol. The van der Waals surface area contributed by atoms with Crippen LogP contribution in [0.15, 0.2) is 41.2 Å². The molecule has 3 N–H and O–H groups in total. The maximum absolute atomic E-state index is 11.3. The lowest BCUT2D eigenvalue weighted by Crippen LogP contribution is -2.03. The standard InChI is InChI=1S/C15H13ClN2O3/c1-21-13-5-3-2-4-8(13)14(19)9-6-11-12(7-10(9)16)18-15(20)17-11/h2-7,14,19H,1H3,(H2,17,18,20). The quantitative estimate of drug-likeness (QED) is 0.696. The van der Waals surface area contributed by atoms with Gasteiger partial charge in [-0.3, -0.25) is 0 Å². The van der Waals surface area contributed by atoms with Crippen molar-refractivity contribution < 1.29 is 9.84 Å². The van der Waals surface area contributed by atoms with E-state index in [9.17, 15) is 9.90 Å². The highest BCUT2D eigenvalue weighted by Gasteiger charge is 2.19. The van der Waals surface area contributed by atoms with E-state index in [-0.39, 0.29) is 5.69 Å². The molecule has 3 aromatic rings. The summed E-state index contributed by atoms with van der Waals surface area (Å²) in [5.41, 5.74) is 1.99. The van der Waals surface area contributed by atoms with Gasteiger partial charge in [-0.05, 0) is 18.2 Å². The van der Waals surface area contributed by atoms with Crippen molar-refractivity contribution >= 4 is 22.6 Å². The molecule has 6 heteroatoms. The van der Waals surface area contributed by atoms with Crippen molar-refractivity contribution in [2.75, 3.05) is 7.11 Å². The zero-order valence-corrected chi connectivity index (χ0v) is 11.9. The predicted octanol–water partition coefficient (Wildman–Crippen LogP) is 2.60. The lowest BCUT2D eigenvalue weighted by atomic mass is 10.00. The van der Waals surface area contributed by atoms with Gasteiger partial charge in [0.25, 0.3) is 0 Å². The number of rotatable bonds is 3. The Hall–Kier alpha value is -2.24. The van der Waals surface area contributed by atoms with Crippen molar-refractivity contribution in [1.82, 2.24) is 9.97 Å². The van der Waals surface area contributed by atoms with Crippen LogP contribution in [-0.4, -0.2) is 22.2 Å². The molecule has 0 saturated carbocycles. The van der Waals surface area contributed by atoms with Crippen molar-refractivity contribution in [3.05, 3.63) is 63.0 Å². The number of aromatic amines is 2. The summed E-state index contributed by atoms with van der Waals surface area (Å²) in [6.45, 7) is 0. The van der Waals surface area contributed by atoms with E-state index >= 15 is 0 Å². The summed E-state index contributed by atoms with van der Waals surface area (Å²) in [4.78, 5) is 16.6. The molecule has 0 bridgehead atoms. The van der Waals surface area contributed by atoms with Gasteiger partial charge >= 0.3 is 5.69 Å². The maximum atomic E-state index is 11.3. The van der Waals surface area contributed by atoms with Gasteiger partial charge < -0.3 is 19.8 Å². The van der Waals surface area contributed by atoms with Crippen LogP contribution in [0, 0.1) is 0 Å². The second kappa shape index (κ2) is 5.27. The Labute approximate surface area is 125 Å². The van der Waals surface area contributed by atoms with Crippen LogP contribution in [0.2, 0.25) is 5.02 Å². The van der Waals surface area contributed by atoms with Gasteiger partial charge in [-0.15, -0.1) is 0 Å². The zero-order chi connectivity index (χ0) is 15.0. The van der Waals surface area contributed by atoms with E-state index < -0.39 is 6.10 Å². The summed E-state index contributed by atoms with van der Waals surface area (Å²) in [6.07, 6.45) is -0.948. The third kappa shape index (κ3) is 2.41. The van der Waals surface area contributed by atoms with Crippen molar-refractivity contribution in [3.63, 3.8) is 0 Å². The van der Waals surface area contributed by atoms with Gasteiger partial charge in [0, 0.05) is 16.1 Å². The Balaban J connectivity index is 2.14. The largest absolute Gasteiger partial charge is 0.496 e. The maximum Gasteiger partial charge on any atom is 0.323 e. The minimum Gasteiger partial charge on any atom is -0.496 e. The number of aliphatic hydroxyl groups is 1. The second-order valence-corrected chi connectivity index (χ2v) is 5.05. The zero-order valence-electron chi connectivity index (χ0n) is 11.2. The highest BCUT2D eigenvalue weighted by atomic mass is 35.5. The van der Waals surface area contributed by atoms with Crippen LogP contribution in [0.3, 0.4) is 0 Å². The van der Waals surface area contributed by atoms with Gasteiger partial charge in [0.05, 0.1) is 18.1 Å². The molecule has 0 spiro atoms. The number of hydrogen-bond donors (Lipinski definition) is 3. The number of aliphatic hydroxyl groups excluding tert-OH is 1. The summed E-state index contributed by atoms with van der Waals surface area (Å²) in [5.74, 6) is 0.573. The Morgan fingerprint density at radius 3 is 2.52 bits per heavy atom. The van der Waals surface area contributed by atoms with E-state index in [0.717, 1.165) is 0 Å². The Kier molecular flexibility index (Phi) is 3.45. The molecular formula is C15H13ClN2O3. The average molecular weight is 305 g/mol. The molecule has 0 fully saturated rings. The minimum atomic E-state index is -0.948. The monoisotopic (exact) mass is 304 g/mol. The first-order valence-electron chi connectivity index (χ1n) is 6.32. The van der Waals surface area contributed by atoms with Gasteiger partial charge in [-0.25, -0.2) is 4.79 Å². The molecule has 0 radical (unpaired) electrons. The number of hydrogen-bond acceptors (Lipinski definition) is 3. The number of methoxy groups -OCH3 is 1. The number of H-pyrrole nitrogens is 2. The van der Waals surface area contributed by atoms with Crippen molar-refractivity contribution in [2.45, 2.75) is 6.10 Å². The fraction of sp³-hybridized carbons (Fsp3) is 0.133. The molecule has 1 aromatic heterocycles. The number of benzene rings is 2.